The Labute approximate surface area is 157 Å². The van der Waals surface area contributed by atoms with E-state index in [0.717, 1.165) is 45.9 Å². The Morgan fingerprint density at radius 2 is 1.67 bits per heavy atom. The van der Waals surface area contributed by atoms with E-state index in [1.54, 1.807) is 0 Å². The molecule has 0 fully saturated rings. The number of aromatic nitrogens is 4. The number of hydrogen-bond donors (Lipinski definition) is 2. The SMILES string of the molecule is Cc1ccc(Cc2nc3nc(C)cc(-c4cc5ccccc5[nH]4)c3[nH]2)cc1. The molecule has 3 aromatic heterocycles. The second-order valence-corrected chi connectivity index (χ2v) is 7.13. The summed E-state index contributed by atoms with van der Waals surface area (Å²) in [6.07, 6.45) is 0.766. The number of pyridine rings is 1. The fraction of sp³-hybridized carbons (Fsp3) is 0.130. The van der Waals surface area contributed by atoms with E-state index in [2.05, 4.69) is 76.5 Å². The third kappa shape index (κ3) is 2.89. The molecule has 27 heavy (non-hydrogen) atoms. The fourth-order valence-electron chi connectivity index (χ4n) is 3.57. The minimum atomic E-state index is 0.766. The lowest BCUT2D eigenvalue weighted by Gasteiger charge is -2.02. The predicted molar refractivity (Wildman–Crippen MR) is 110 cm³/mol. The third-order valence-electron chi connectivity index (χ3n) is 4.95. The molecule has 0 bridgehead atoms. The van der Waals surface area contributed by atoms with Crippen LogP contribution in [0.2, 0.25) is 0 Å². The average Bonchev–Trinajstić information content (AvgIpc) is 3.26. The lowest BCUT2D eigenvalue weighted by Crippen LogP contribution is -1.90. The molecule has 0 radical (unpaired) electrons. The molecule has 4 heteroatoms. The van der Waals surface area contributed by atoms with Gasteiger partial charge < -0.3 is 9.97 Å². The van der Waals surface area contributed by atoms with Gasteiger partial charge in [-0.15, -0.1) is 0 Å². The van der Waals surface area contributed by atoms with Crippen LogP contribution in [0.5, 0.6) is 0 Å². The molecule has 4 nitrogen and oxygen atoms in total. The number of aryl methyl sites for hydroxylation is 2. The topological polar surface area (TPSA) is 57.4 Å². The maximum atomic E-state index is 4.75. The maximum absolute atomic E-state index is 4.75. The van der Waals surface area contributed by atoms with Crippen LogP contribution in [0.4, 0.5) is 0 Å². The number of hydrogen-bond acceptors (Lipinski definition) is 2. The average molecular weight is 352 g/mol. The molecular formula is C23H20N4. The standard InChI is InChI=1S/C23H20N4/c1-14-7-9-16(10-8-14)12-21-26-22-18(11-15(2)24-23(22)27-21)20-13-17-5-3-4-6-19(17)25-20/h3-11,13,25H,12H2,1-2H3,(H,24,26,27). The van der Waals surface area contributed by atoms with E-state index in [4.69, 9.17) is 4.98 Å². The number of H-pyrrole nitrogens is 2. The highest BCUT2D eigenvalue weighted by atomic mass is 15.0. The molecule has 3 heterocycles. The van der Waals surface area contributed by atoms with Crippen molar-refractivity contribution >= 4 is 22.1 Å². The Kier molecular flexibility index (Phi) is 3.57. The van der Waals surface area contributed by atoms with Crippen LogP contribution < -0.4 is 0 Å². The van der Waals surface area contributed by atoms with Crippen molar-refractivity contribution in [1.29, 1.82) is 0 Å². The Morgan fingerprint density at radius 3 is 2.48 bits per heavy atom. The Morgan fingerprint density at radius 1 is 0.852 bits per heavy atom. The van der Waals surface area contributed by atoms with Crippen LogP contribution in [0.15, 0.2) is 60.7 Å². The van der Waals surface area contributed by atoms with Crippen molar-refractivity contribution in [3.8, 4) is 11.3 Å². The molecule has 132 valence electrons. The molecule has 0 unspecified atom stereocenters. The zero-order valence-electron chi connectivity index (χ0n) is 15.4. The Balaban J connectivity index is 1.61. The lowest BCUT2D eigenvalue weighted by molar-refractivity contribution is 1.03. The van der Waals surface area contributed by atoms with Crippen LogP contribution in [0.3, 0.4) is 0 Å². The van der Waals surface area contributed by atoms with Gasteiger partial charge in [0.15, 0.2) is 5.65 Å². The number of benzene rings is 2. The molecule has 5 aromatic rings. The first-order valence-electron chi connectivity index (χ1n) is 9.15. The summed E-state index contributed by atoms with van der Waals surface area (Å²) in [5.74, 6) is 0.935. The van der Waals surface area contributed by atoms with Crippen LogP contribution >= 0.6 is 0 Å². The number of imidazole rings is 1. The summed E-state index contributed by atoms with van der Waals surface area (Å²) in [5, 5.41) is 1.20. The monoisotopic (exact) mass is 352 g/mol. The number of nitrogens with one attached hydrogen (secondary N) is 2. The molecule has 0 atom stereocenters. The fourth-order valence-corrected chi connectivity index (χ4v) is 3.57. The molecule has 0 amide bonds. The summed E-state index contributed by atoms with van der Waals surface area (Å²) in [4.78, 5) is 16.4. The Hall–Kier alpha value is -3.40. The number of nitrogens with zero attached hydrogens (tertiary/aromatic N) is 2. The van der Waals surface area contributed by atoms with Gasteiger partial charge in [-0.05, 0) is 37.6 Å². The van der Waals surface area contributed by atoms with Crippen LogP contribution in [-0.2, 0) is 6.42 Å². The zero-order chi connectivity index (χ0) is 18.4. The van der Waals surface area contributed by atoms with E-state index < -0.39 is 0 Å². The van der Waals surface area contributed by atoms with E-state index in [1.165, 1.54) is 16.5 Å². The molecule has 0 aliphatic carbocycles. The highest BCUT2D eigenvalue weighted by molar-refractivity contribution is 5.94. The largest absolute Gasteiger partial charge is 0.354 e. The van der Waals surface area contributed by atoms with Crippen molar-refractivity contribution in [3.63, 3.8) is 0 Å². The van der Waals surface area contributed by atoms with Gasteiger partial charge in [0.05, 0.1) is 5.52 Å². The molecule has 0 aliphatic rings. The van der Waals surface area contributed by atoms with Crippen molar-refractivity contribution in [1.82, 2.24) is 19.9 Å². The predicted octanol–water partition coefficient (Wildman–Crippen LogP) is 5.31. The van der Waals surface area contributed by atoms with Gasteiger partial charge in [-0.3, -0.25) is 0 Å². The van der Waals surface area contributed by atoms with Gasteiger partial charge in [0, 0.05) is 34.3 Å². The highest BCUT2D eigenvalue weighted by Crippen LogP contribution is 2.29. The molecule has 0 saturated heterocycles. The Bertz CT molecular complexity index is 1230. The summed E-state index contributed by atoms with van der Waals surface area (Å²) in [6, 6.07) is 21.2. The van der Waals surface area contributed by atoms with Gasteiger partial charge in [-0.25, -0.2) is 9.97 Å². The third-order valence-corrected chi connectivity index (χ3v) is 4.95. The lowest BCUT2D eigenvalue weighted by atomic mass is 10.1. The van der Waals surface area contributed by atoms with E-state index >= 15 is 0 Å². The molecule has 2 aromatic carbocycles. The summed E-state index contributed by atoms with van der Waals surface area (Å²) in [5.41, 5.74) is 8.54. The van der Waals surface area contributed by atoms with Crippen LogP contribution in [0, 0.1) is 13.8 Å². The first-order chi connectivity index (χ1) is 13.2. The van der Waals surface area contributed by atoms with Crippen LogP contribution in [0.1, 0.15) is 22.6 Å². The maximum Gasteiger partial charge on any atom is 0.178 e. The molecule has 5 rings (SSSR count). The summed E-state index contributed by atoms with van der Waals surface area (Å²) in [7, 11) is 0. The van der Waals surface area contributed by atoms with Crippen LogP contribution in [-0.4, -0.2) is 19.9 Å². The zero-order valence-corrected chi connectivity index (χ0v) is 15.4. The number of rotatable bonds is 3. The van der Waals surface area contributed by atoms with E-state index in [0.29, 0.717) is 0 Å². The molecule has 2 N–H and O–H groups in total. The molecule has 0 aliphatic heterocycles. The van der Waals surface area contributed by atoms with Gasteiger partial charge in [0.25, 0.3) is 0 Å². The second-order valence-electron chi connectivity index (χ2n) is 7.13. The van der Waals surface area contributed by atoms with E-state index in [-0.39, 0.29) is 0 Å². The first-order valence-corrected chi connectivity index (χ1v) is 9.15. The summed E-state index contributed by atoms with van der Waals surface area (Å²) >= 11 is 0. The molecule has 0 saturated carbocycles. The van der Waals surface area contributed by atoms with E-state index in [1.807, 2.05) is 13.0 Å². The van der Waals surface area contributed by atoms with Gasteiger partial charge >= 0.3 is 0 Å². The second kappa shape index (κ2) is 6.09. The van der Waals surface area contributed by atoms with Crippen molar-refractivity contribution in [3.05, 3.63) is 83.3 Å². The van der Waals surface area contributed by atoms with Gasteiger partial charge in [-0.2, -0.15) is 0 Å². The van der Waals surface area contributed by atoms with E-state index in [9.17, 15) is 0 Å². The molecular weight excluding hydrogens is 332 g/mol. The normalized spacial score (nSPS) is 11.5. The van der Waals surface area contributed by atoms with Crippen molar-refractivity contribution in [2.24, 2.45) is 0 Å². The first kappa shape index (κ1) is 15.8. The van der Waals surface area contributed by atoms with Crippen molar-refractivity contribution in [2.45, 2.75) is 20.3 Å². The minimum absolute atomic E-state index is 0.766. The number of fused-ring (bicyclic) bond motifs is 2. The highest BCUT2D eigenvalue weighted by Gasteiger charge is 2.13. The summed E-state index contributed by atoms with van der Waals surface area (Å²) < 4.78 is 0. The van der Waals surface area contributed by atoms with Gasteiger partial charge in [-0.1, -0.05) is 48.0 Å². The molecule has 0 spiro atoms. The van der Waals surface area contributed by atoms with Crippen LogP contribution in [0.25, 0.3) is 33.3 Å². The van der Waals surface area contributed by atoms with Gasteiger partial charge in [0.2, 0.25) is 0 Å². The number of para-hydroxylation sites is 1. The minimum Gasteiger partial charge on any atom is -0.354 e. The summed E-state index contributed by atoms with van der Waals surface area (Å²) in [6.45, 7) is 4.12. The number of aromatic amines is 2. The van der Waals surface area contributed by atoms with Crippen molar-refractivity contribution < 1.29 is 0 Å². The smallest absolute Gasteiger partial charge is 0.178 e. The van der Waals surface area contributed by atoms with Gasteiger partial charge in [0.1, 0.15) is 5.82 Å². The van der Waals surface area contributed by atoms with Crippen molar-refractivity contribution in [2.75, 3.05) is 0 Å². The quantitative estimate of drug-likeness (QED) is 0.462.